The minimum Gasteiger partial charge on any atom is -0.349 e. The maximum atomic E-state index is 12.4. The van der Waals surface area contributed by atoms with Crippen LogP contribution in [0.15, 0.2) is 34.9 Å². The molecule has 3 rings (SSSR count). The summed E-state index contributed by atoms with van der Waals surface area (Å²) in [5.41, 5.74) is 3.40. The summed E-state index contributed by atoms with van der Waals surface area (Å²) in [6, 6.07) is 8.22. The van der Waals surface area contributed by atoms with Crippen LogP contribution in [0, 0.1) is 12.8 Å². The predicted molar refractivity (Wildman–Crippen MR) is 89.5 cm³/mol. The molecule has 22 heavy (non-hydrogen) atoms. The molecule has 0 spiro atoms. The van der Waals surface area contributed by atoms with E-state index in [0.29, 0.717) is 5.92 Å². The van der Waals surface area contributed by atoms with Crippen molar-refractivity contribution < 1.29 is 4.79 Å². The third-order valence-electron chi connectivity index (χ3n) is 4.50. The molecule has 1 heterocycles. The van der Waals surface area contributed by atoms with Crippen LogP contribution in [0.1, 0.15) is 42.1 Å². The van der Waals surface area contributed by atoms with Crippen LogP contribution in [0.25, 0.3) is 0 Å². The summed E-state index contributed by atoms with van der Waals surface area (Å²) in [6.07, 6.45) is 2.76. The normalized spacial score (nSPS) is 21.5. The fourth-order valence-corrected chi connectivity index (χ4v) is 3.35. The molecule has 5 heteroatoms. The zero-order valence-corrected chi connectivity index (χ0v) is 14.6. The highest BCUT2D eigenvalue weighted by atomic mass is 79.9. The zero-order valence-electron chi connectivity index (χ0n) is 13.0. The third-order valence-corrected chi connectivity index (χ3v) is 5.00. The van der Waals surface area contributed by atoms with E-state index in [4.69, 9.17) is 0 Å². The lowest BCUT2D eigenvalue weighted by Gasteiger charge is -2.14. The number of carbonyl (C=O) groups is 1. The Hall–Kier alpha value is -1.62. The van der Waals surface area contributed by atoms with Crippen molar-refractivity contribution in [3.05, 3.63) is 51.8 Å². The SMILES string of the molecule is Cc1c([C@H](C)NC(=O)[C@H]2C[C@@H]2c2cccc(Br)c2)cnn1C. The van der Waals surface area contributed by atoms with Gasteiger partial charge in [0.1, 0.15) is 0 Å². The van der Waals surface area contributed by atoms with E-state index < -0.39 is 0 Å². The molecule has 3 atom stereocenters. The van der Waals surface area contributed by atoms with Gasteiger partial charge in [0.15, 0.2) is 0 Å². The molecular weight excluding hydrogens is 342 g/mol. The highest BCUT2D eigenvalue weighted by Crippen LogP contribution is 2.48. The van der Waals surface area contributed by atoms with Gasteiger partial charge in [0.25, 0.3) is 0 Å². The lowest BCUT2D eigenvalue weighted by atomic mass is 10.1. The molecular formula is C17H20BrN3O. The van der Waals surface area contributed by atoms with E-state index in [-0.39, 0.29) is 17.9 Å². The molecule has 0 bridgehead atoms. The summed E-state index contributed by atoms with van der Waals surface area (Å²) < 4.78 is 2.90. The van der Waals surface area contributed by atoms with E-state index in [1.54, 1.807) is 0 Å². The van der Waals surface area contributed by atoms with Crippen LogP contribution in [0.4, 0.5) is 0 Å². The number of amides is 1. The van der Waals surface area contributed by atoms with Gasteiger partial charge in [-0.1, -0.05) is 28.1 Å². The maximum absolute atomic E-state index is 12.4. The molecule has 4 nitrogen and oxygen atoms in total. The Morgan fingerprint density at radius 2 is 2.27 bits per heavy atom. The quantitative estimate of drug-likeness (QED) is 0.905. The van der Waals surface area contributed by atoms with Crippen LogP contribution < -0.4 is 5.32 Å². The average molecular weight is 362 g/mol. The standard InChI is InChI=1S/C17H20BrN3O/c1-10(16-9-19-21(3)11(16)2)20-17(22)15-8-14(15)12-5-4-6-13(18)7-12/h4-7,9-10,14-15H,8H2,1-3H3,(H,20,22)/t10-,14+,15-/m0/s1. The molecule has 1 saturated carbocycles. The number of hydrogen-bond donors (Lipinski definition) is 1. The summed E-state index contributed by atoms with van der Waals surface area (Å²) in [6.45, 7) is 4.03. The van der Waals surface area contributed by atoms with E-state index >= 15 is 0 Å². The Morgan fingerprint density at radius 3 is 2.91 bits per heavy atom. The van der Waals surface area contributed by atoms with E-state index in [0.717, 1.165) is 22.2 Å². The molecule has 1 fully saturated rings. The first-order chi connectivity index (χ1) is 10.5. The second-order valence-corrected chi connectivity index (χ2v) is 6.96. The molecule has 1 N–H and O–H groups in total. The van der Waals surface area contributed by atoms with Crippen LogP contribution in [0.2, 0.25) is 0 Å². The first-order valence-electron chi connectivity index (χ1n) is 7.51. The van der Waals surface area contributed by atoms with Crippen molar-refractivity contribution in [2.45, 2.75) is 32.2 Å². The van der Waals surface area contributed by atoms with Gasteiger partial charge in [0, 0.05) is 28.7 Å². The van der Waals surface area contributed by atoms with Gasteiger partial charge < -0.3 is 5.32 Å². The summed E-state index contributed by atoms with van der Waals surface area (Å²) in [5.74, 6) is 0.578. The van der Waals surface area contributed by atoms with Crippen LogP contribution in [-0.2, 0) is 11.8 Å². The summed E-state index contributed by atoms with van der Waals surface area (Å²) >= 11 is 3.49. The smallest absolute Gasteiger partial charge is 0.224 e. The Bertz CT molecular complexity index is 710. The molecule has 1 aromatic carbocycles. The fraction of sp³-hybridized carbons (Fsp3) is 0.412. The molecule has 0 unspecified atom stereocenters. The second kappa shape index (κ2) is 5.88. The molecule has 2 aromatic rings. The van der Waals surface area contributed by atoms with Crippen molar-refractivity contribution in [2.75, 3.05) is 0 Å². The summed E-state index contributed by atoms with van der Waals surface area (Å²) in [7, 11) is 1.91. The molecule has 1 amide bonds. The van der Waals surface area contributed by atoms with E-state index in [2.05, 4.69) is 38.5 Å². The summed E-state index contributed by atoms with van der Waals surface area (Å²) in [4.78, 5) is 12.4. The number of nitrogens with one attached hydrogen (secondary N) is 1. The largest absolute Gasteiger partial charge is 0.349 e. The van der Waals surface area contributed by atoms with Crippen LogP contribution in [0.3, 0.4) is 0 Å². The summed E-state index contributed by atoms with van der Waals surface area (Å²) in [5, 5.41) is 7.36. The van der Waals surface area contributed by atoms with E-state index in [1.165, 1.54) is 5.56 Å². The van der Waals surface area contributed by atoms with Gasteiger partial charge in [0.05, 0.1) is 12.2 Å². The number of aryl methyl sites for hydroxylation is 1. The number of halogens is 1. The molecule has 1 aromatic heterocycles. The number of benzene rings is 1. The third kappa shape index (κ3) is 2.95. The molecule has 1 aliphatic carbocycles. The number of aromatic nitrogens is 2. The van der Waals surface area contributed by atoms with Crippen molar-refractivity contribution >= 4 is 21.8 Å². The van der Waals surface area contributed by atoms with Gasteiger partial charge in [0.2, 0.25) is 5.91 Å². The molecule has 0 radical (unpaired) electrons. The average Bonchev–Trinajstić information content (AvgIpc) is 3.21. The van der Waals surface area contributed by atoms with Gasteiger partial charge in [-0.15, -0.1) is 0 Å². The predicted octanol–water partition coefficient (Wildman–Crippen LogP) is 3.47. The number of hydrogen-bond acceptors (Lipinski definition) is 2. The Morgan fingerprint density at radius 1 is 1.50 bits per heavy atom. The molecule has 0 aliphatic heterocycles. The minimum atomic E-state index is -0.00930. The topological polar surface area (TPSA) is 46.9 Å². The highest BCUT2D eigenvalue weighted by molar-refractivity contribution is 9.10. The Kier molecular flexibility index (Phi) is 4.08. The van der Waals surface area contributed by atoms with E-state index in [1.807, 2.05) is 43.9 Å². The number of nitrogens with zero attached hydrogens (tertiary/aromatic N) is 2. The van der Waals surface area contributed by atoms with Gasteiger partial charge in [-0.3, -0.25) is 9.48 Å². The molecule has 116 valence electrons. The van der Waals surface area contributed by atoms with Crippen molar-refractivity contribution in [1.29, 1.82) is 0 Å². The monoisotopic (exact) mass is 361 g/mol. The zero-order chi connectivity index (χ0) is 15.9. The highest BCUT2D eigenvalue weighted by Gasteiger charge is 2.44. The molecule has 1 aliphatic rings. The van der Waals surface area contributed by atoms with Gasteiger partial charge >= 0.3 is 0 Å². The lowest BCUT2D eigenvalue weighted by Crippen LogP contribution is -2.28. The van der Waals surface area contributed by atoms with Gasteiger partial charge in [-0.25, -0.2) is 0 Å². The fourth-order valence-electron chi connectivity index (χ4n) is 2.93. The van der Waals surface area contributed by atoms with Crippen LogP contribution in [0.5, 0.6) is 0 Å². The van der Waals surface area contributed by atoms with E-state index in [9.17, 15) is 4.79 Å². The van der Waals surface area contributed by atoms with Crippen LogP contribution in [-0.4, -0.2) is 15.7 Å². The van der Waals surface area contributed by atoms with Crippen molar-refractivity contribution in [2.24, 2.45) is 13.0 Å². The maximum Gasteiger partial charge on any atom is 0.224 e. The number of carbonyl (C=O) groups excluding carboxylic acids is 1. The van der Waals surface area contributed by atoms with Gasteiger partial charge in [-0.05, 0) is 43.9 Å². The van der Waals surface area contributed by atoms with Crippen molar-refractivity contribution in [3.63, 3.8) is 0 Å². The van der Waals surface area contributed by atoms with Crippen molar-refractivity contribution in [1.82, 2.24) is 15.1 Å². The Balaban J connectivity index is 1.63. The lowest BCUT2D eigenvalue weighted by molar-refractivity contribution is -0.123. The van der Waals surface area contributed by atoms with Gasteiger partial charge in [-0.2, -0.15) is 5.10 Å². The minimum absolute atomic E-state index is 0.00930. The first-order valence-corrected chi connectivity index (χ1v) is 8.31. The number of rotatable bonds is 4. The molecule has 0 saturated heterocycles. The Labute approximate surface area is 139 Å². The second-order valence-electron chi connectivity index (χ2n) is 6.04. The van der Waals surface area contributed by atoms with Crippen molar-refractivity contribution in [3.8, 4) is 0 Å². The van der Waals surface area contributed by atoms with Crippen LogP contribution >= 0.6 is 15.9 Å². The first kappa shape index (κ1) is 15.3.